The van der Waals surface area contributed by atoms with Crippen molar-refractivity contribution in [3.8, 4) is 0 Å². The number of piperidine rings is 1. The third-order valence-electron chi connectivity index (χ3n) is 4.64. The predicted octanol–water partition coefficient (Wildman–Crippen LogP) is 2.48. The van der Waals surface area contributed by atoms with Crippen molar-refractivity contribution in [3.05, 3.63) is 35.9 Å². The molecule has 3 heterocycles. The number of carbonyl (C=O) groups excluding carboxylic acids is 1. The van der Waals surface area contributed by atoms with Gasteiger partial charge in [-0.15, -0.1) is 0 Å². The second-order valence-corrected chi connectivity index (χ2v) is 6.27. The number of hydrogen-bond acceptors (Lipinski definition) is 5. The molecule has 3 atom stereocenters. The molecule has 2 aliphatic rings. The summed E-state index contributed by atoms with van der Waals surface area (Å²) in [4.78, 5) is 18.9. The Hall–Kier alpha value is -2.11. The molecule has 116 valence electrons. The minimum Gasteiger partial charge on any atom is -0.469 e. The van der Waals surface area contributed by atoms with Crippen molar-refractivity contribution in [2.75, 3.05) is 13.1 Å². The van der Waals surface area contributed by atoms with Crippen LogP contribution in [0.1, 0.15) is 48.6 Å². The lowest BCUT2D eigenvalue weighted by Gasteiger charge is -2.31. The van der Waals surface area contributed by atoms with Crippen LogP contribution in [0.25, 0.3) is 0 Å². The van der Waals surface area contributed by atoms with Crippen molar-refractivity contribution in [1.29, 1.82) is 0 Å². The Balaban J connectivity index is 1.41. The Kier molecular flexibility index (Phi) is 3.24. The van der Waals surface area contributed by atoms with Gasteiger partial charge in [0.25, 0.3) is 0 Å². The molecule has 0 radical (unpaired) electrons. The fraction of sp³-hybridized carbons (Fsp3) is 0.562. The molecule has 0 unspecified atom stereocenters. The summed E-state index contributed by atoms with van der Waals surface area (Å²) in [6.45, 7) is 3.32. The van der Waals surface area contributed by atoms with Crippen molar-refractivity contribution >= 4 is 5.91 Å². The average Bonchev–Trinajstić information content (AvgIpc) is 2.95. The minimum atomic E-state index is 0.0781. The molecular formula is C16H19N3O3. The molecule has 1 saturated heterocycles. The van der Waals surface area contributed by atoms with Crippen LogP contribution in [0.2, 0.25) is 0 Å². The zero-order valence-electron chi connectivity index (χ0n) is 12.6. The Bertz CT molecular complexity index is 664. The zero-order chi connectivity index (χ0) is 15.1. The average molecular weight is 301 g/mol. The zero-order valence-corrected chi connectivity index (χ0v) is 12.6. The first-order valence-electron chi connectivity index (χ1n) is 7.85. The Morgan fingerprint density at radius 1 is 1.45 bits per heavy atom. The molecular weight excluding hydrogens is 282 g/mol. The summed E-state index contributed by atoms with van der Waals surface area (Å²) in [7, 11) is 0. The SMILES string of the molecule is Cc1noc([C@@H]2CCCN(C(=O)[C@@H]3C[C@H]3c3ccco3)C2)n1. The van der Waals surface area contributed by atoms with Crippen LogP contribution in [0.4, 0.5) is 0 Å². The van der Waals surface area contributed by atoms with E-state index in [1.165, 1.54) is 0 Å². The van der Waals surface area contributed by atoms with Gasteiger partial charge in [0.1, 0.15) is 5.76 Å². The number of hydrogen-bond donors (Lipinski definition) is 0. The van der Waals surface area contributed by atoms with Crippen LogP contribution in [0, 0.1) is 12.8 Å². The summed E-state index contributed by atoms with van der Waals surface area (Å²) in [6.07, 6.45) is 4.55. The lowest BCUT2D eigenvalue weighted by Crippen LogP contribution is -2.40. The molecule has 0 N–H and O–H groups in total. The van der Waals surface area contributed by atoms with Crippen LogP contribution >= 0.6 is 0 Å². The molecule has 1 aliphatic carbocycles. The maximum atomic E-state index is 12.7. The van der Waals surface area contributed by atoms with Gasteiger partial charge in [-0.25, -0.2) is 0 Å². The molecule has 2 aromatic rings. The Morgan fingerprint density at radius 2 is 2.36 bits per heavy atom. The molecule has 0 bridgehead atoms. The fourth-order valence-corrected chi connectivity index (χ4v) is 3.38. The number of rotatable bonds is 3. The van der Waals surface area contributed by atoms with E-state index in [9.17, 15) is 4.79 Å². The van der Waals surface area contributed by atoms with Crippen LogP contribution in [0.5, 0.6) is 0 Å². The van der Waals surface area contributed by atoms with Crippen LogP contribution in [0.15, 0.2) is 27.3 Å². The summed E-state index contributed by atoms with van der Waals surface area (Å²) >= 11 is 0. The number of carbonyl (C=O) groups is 1. The van der Waals surface area contributed by atoms with Crippen LogP contribution in [-0.4, -0.2) is 34.0 Å². The fourth-order valence-electron chi connectivity index (χ4n) is 3.38. The van der Waals surface area contributed by atoms with E-state index in [-0.39, 0.29) is 23.7 Å². The van der Waals surface area contributed by atoms with E-state index in [1.54, 1.807) is 6.26 Å². The first-order chi connectivity index (χ1) is 10.7. The molecule has 22 heavy (non-hydrogen) atoms. The molecule has 0 aromatic carbocycles. The van der Waals surface area contributed by atoms with Crippen LogP contribution in [-0.2, 0) is 4.79 Å². The number of amides is 1. The number of aryl methyl sites for hydroxylation is 1. The van der Waals surface area contributed by atoms with Crippen molar-refractivity contribution in [3.63, 3.8) is 0 Å². The summed E-state index contributed by atoms with van der Waals surface area (Å²) < 4.78 is 10.7. The van der Waals surface area contributed by atoms with Gasteiger partial charge < -0.3 is 13.8 Å². The molecule has 6 heteroatoms. The first kappa shape index (κ1) is 13.5. The van der Waals surface area contributed by atoms with Gasteiger partial charge in [0.2, 0.25) is 11.8 Å². The second-order valence-electron chi connectivity index (χ2n) is 6.27. The molecule has 4 rings (SSSR count). The molecule has 6 nitrogen and oxygen atoms in total. The Morgan fingerprint density at radius 3 is 3.09 bits per heavy atom. The highest BCUT2D eigenvalue weighted by Crippen LogP contribution is 2.49. The maximum absolute atomic E-state index is 12.7. The van der Waals surface area contributed by atoms with Gasteiger partial charge in [0.15, 0.2) is 5.82 Å². The van der Waals surface area contributed by atoms with Gasteiger partial charge in [-0.3, -0.25) is 4.79 Å². The standard InChI is InChI=1S/C16H19N3O3/c1-10-17-15(22-18-10)11-4-2-6-19(9-11)16(20)13-8-12(13)14-5-3-7-21-14/h3,5,7,11-13H,2,4,6,8-9H2,1H3/t11-,12-,13-/m1/s1. The largest absolute Gasteiger partial charge is 0.469 e. The monoisotopic (exact) mass is 301 g/mol. The van der Waals surface area contributed by atoms with E-state index in [2.05, 4.69) is 10.1 Å². The molecule has 1 amide bonds. The summed E-state index contributed by atoms with van der Waals surface area (Å²) in [5.74, 6) is 2.98. The quantitative estimate of drug-likeness (QED) is 0.871. The van der Waals surface area contributed by atoms with E-state index in [0.29, 0.717) is 18.3 Å². The summed E-state index contributed by atoms with van der Waals surface area (Å²) in [6, 6.07) is 3.84. The number of likely N-dealkylation sites (tertiary alicyclic amines) is 1. The van der Waals surface area contributed by atoms with Crippen LogP contribution < -0.4 is 0 Å². The molecule has 2 aromatic heterocycles. The van der Waals surface area contributed by atoms with E-state index >= 15 is 0 Å². The first-order valence-corrected chi connectivity index (χ1v) is 7.85. The third kappa shape index (κ3) is 2.42. The molecule has 1 aliphatic heterocycles. The van der Waals surface area contributed by atoms with Gasteiger partial charge in [-0.1, -0.05) is 5.16 Å². The van der Waals surface area contributed by atoms with E-state index in [4.69, 9.17) is 8.94 Å². The van der Waals surface area contributed by atoms with Crippen molar-refractivity contribution < 1.29 is 13.7 Å². The van der Waals surface area contributed by atoms with Crippen molar-refractivity contribution in [2.45, 2.75) is 38.0 Å². The van der Waals surface area contributed by atoms with E-state index in [0.717, 1.165) is 31.6 Å². The van der Waals surface area contributed by atoms with Crippen molar-refractivity contribution in [1.82, 2.24) is 15.0 Å². The minimum absolute atomic E-state index is 0.0781. The van der Waals surface area contributed by atoms with Gasteiger partial charge >= 0.3 is 0 Å². The summed E-state index contributed by atoms with van der Waals surface area (Å²) in [5, 5.41) is 3.85. The highest BCUT2D eigenvalue weighted by atomic mass is 16.5. The van der Waals surface area contributed by atoms with Gasteiger partial charge in [0.05, 0.1) is 12.2 Å². The lowest BCUT2D eigenvalue weighted by molar-refractivity contribution is -0.134. The maximum Gasteiger partial charge on any atom is 0.231 e. The van der Waals surface area contributed by atoms with Crippen LogP contribution in [0.3, 0.4) is 0 Å². The highest BCUT2D eigenvalue weighted by Gasteiger charge is 2.48. The molecule has 2 fully saturated rings. The predicted molar refractivity (Wildman–Crippen MR) is 77.1 cm³/mol. The van der Waals surface area contributed by atoms with Gasteiger partial charge in [-0.05, 0) is 38.3 Å². The van der Waals surface area contributed by atoms with E-state index in [1.807, 2.05) is 24.0 Å². The number of nitrogens with zero attached hydrogens (tertiary/aromatic N) is 3. The topological polar surface area (TPSA) is 72.4 Å². The highest BCUT2D eigenvalue weighted by molar-refractivity contribution is 5.83. The van der Waals surface area contributed by atoms with Crippen molar-refractivity contribution in [2.24, 2.45) is 5.92 Å². The van der Waals surface area contributed by atoms with Gasteiger partial charge in [-0.2, -0.15) is 4.98 Å². The molecule has 1 saturated carbocycles. The van der Waals surface area contributed by atoms with Gasteiger partial charge in [0, 0.05) is 24.9 Å². The normalized spacial score (nSPS) is 27.9. The Labute approximate surface area is 128 Å². The third-order valence-corrected chi connectivity index (χ3v) is 4.64. The second kappa shape index (κ2) is 5.26. The molecule has 0 spiro atoms. The lowest BCUT2D eigenvalue weighted by atomic mass is 9.97. The van der Waals surface area contributed by atoms with E-state index < -0.39 is 0 Å². The number of aromatic nitrogens is 2. The summed E-state index contributed by atoms with van der Waals surface area (Å²) in [5.41, 5.74) is 0. The smallest absolute Gasteiger partial charge is 0.231 e. The number of furan rings is 1.